The maximum absolute atomic E-state index is 12.2. The van der Waals surface area contributed by atoms with E-state index in [-0.39, 0.29) is 11.9 Å². The first-order valence-corrected chi connectivity index (χ1v) is 8.18. The monoisotopic (exact) mass is 295 g/mol. The minimum atomic E-state index is 0.206. The van der Waals surface area contributed by atoms with Crippen LogP contribution in [-0.4, -0.2) is 48.4 Å². The molecular formula is C15H25N3OS. The number of amides is 1. The van der Waals surface area contributed by atoms with Gasteiger partial charge in [-0.25, -0.2) is 0 Å². The van der Waals surface area contributed by atoms with Crippen molar-refractivity contribution in [3.05, 3.63) is 22.4 Å². The van der Waals surface area contributed by atoms with Gasteiger partial charge in [-0.3, -0.25) is 9.69 Å². The molecule has 0 radical (unpaired) electrons. The number of hydrogen-bond acceptors (Lipinski definition) is 4. The first-order chi connectivity index (χ1) is 9.56. The molecule has 112 valence electrons. The normalized spacial score (nSPS) is 18.9. The van der Waals surface area contributed by atoms with E-state index in [2.05, 4.69) is 17.9 Å². The van der Waals surface area contributed by atoms with Crippen LogP contribution in [0.5, 0.6) is 0 Å². The number of thiophene rings is 1. The third-order valence-electron chi connectivity index (χ3n) is 4.13. The van der Waals surface area contributed by atoms with E-state index >= 15 is 0 Å². The number of hydrogen-bond donors (Lipinski definition) is 1. The predicted molar refractivity (Wildman–Crippen MR) is 83.6 cm³/mol. The smallest absolute Gasteiger partial charge is 0.236 e. The molecule has 0 saturated carbocycles. The van der Waals surface area contributed by atoms with Crippen molar-refractivity contribution >= 4 is 17.2 Å². The minimum Gasteiger partial charge on any atom is -0.340 e. The van der Waals surface area contributed by atoms with Gasteiger partial charge >= 0.3 is 0 Å². The van der Waals surface area contributed by atoms with Crippen molar-refractivity contribution in [2.24, 2.45) is 11.7 Å². The van der Waals surface area contributed by atoms with Crippen molar-refractivity contribution in [3.63, 3.8) is 0 Å². The first-order valence-electron chi connectivity index (χ1n) is 7.30. The summed E-state index contributed by atoms with van der Waals surface area (Å²) in [4.78, 5) is 17.5. The Kier molecular flexibility index (Phi) is 5.57. The summed E-state index contributed by atoms with van der Waals surface area (Å²) in [6, 6.07) is 4.37. The average Bonchev–Trinajstić information content (AvgIpc) is 2.92. The van der Waals surface area contributed by atoms with Crippen LogP contribution < -0.4 is 5.73 Å². The fourth-order valence-electron chi connectivity index (χ4n) is 2.67. The predicted octanol–water partition coefficient (Wildman–Crippen LogP) is 1.77. The zero-order valence-corrected chi connectivity index (χ0v) is 13.2. The number of piperidine rings is 1. The van der Waals surface area contributed by atoms with Gasteiger partial charge in [0.15, 0.2) is 0 Å². The van der Waals surface area contributed by atoms with Crippen molar-refractivity contribution in [1.29, 1.82) is 0 Å². The number of likely N-dealkylation sites (tertiary alicyclic amines) is 1. The number of nitrogens with two attached hydrogens (primary N) is 1. The summed E-state index contributed by atoms with van der Waals surface area (Å²) in [5.74, 6) is 0.822. The van der Waals surface area contributed by atoms with Gasteiger partial charge in [0.25, 0.3) is 0 Å². The molecule has 0 spiro atoms. The molecule has 1 fully saturated rings. The highest BCUT2D eigenvalue weighted by Crippen LogP contribution is 2.19. The molecule has 1 aromatic heterocycles. The lowest BCUT2D eigenvalue weighted by Gasteiger charge is -2.34. The molecule has 0 aliphatic carbocycles. The second-order valence-electron chi connectivity index (χ2n) is 5.80. The van der Waals surface area contributed by atoms with E-state index < -0.39 is 0 Å². The zero-order valence-electron chi connectivity index (χ0n) is 12.4. The molecule has 1 unspecified atom stereocenters. The molecule has 4 nitrogen and oxygen atoms in total. The van der Waals surface area contributed by atoms with Gasteiger partial charge in [0.05, 0.1) is 13.1 Å². The van der Waals surface area contributed by atoms with Crippen molar-refractivity contribution < 1.29 is 4.79 Å². The van der Waals surface area contributed by atoms with Gasteiger partial charge in [-0.1, -0.05) is 6.07 Å². The molecule has 1 amide bonds. The Bertz CT molecular complexity index is 411. The lowest BCUT2D eigenvalue weighted by Crippen LogP contribution is -2.44. The van der Waals surface area contributed by atoms with Crippen molar-refractivity contribution in [1.82, 2.24) is 9.80 Å². The Balaban J connectivity index is 1.74. The van der Waals surface area contributed by atoms with Gasteiger partial charge in [0.2, 0.25) is 5.91 Å². The maximum atomic E-state index is 12.2. The van der Waals surface area contributed by atoms with E-state index in [4.69, 9.17) is 5.73 Å². The molecule has 1 aromatic rings. The van der Waals surface area contributed by atoms with Gasteiger partial charge < -0.3 is 10.6 Å². The summed E-state index contributed by atoms with van der Waals surface area (Å²) < 4.78 is 0. The van der Waals surface area contributed by atoms with Gasteiger partial charge in [0, 0.05) is 18.0 Å². The highest BCUT2D eigenvalue weighted by molar-refractivity contribution is 7.09. The molecule has 20 heavy (non-hydrogen) atoms. The highest BCUT2D eigenvalue weighted by Gasteiger charge is 2.23. The van der Waals surface area contributed by atoms with Crippen molar-refractivity contribution in [2.75, 3.05) is 26.7 Å². The zero-order chi connectivity index (χ0) is 14.5. The number of carbonyl (C=O) groups is 1. The van der Waals surface area contributed by atoms with Gasteiger partial charge in [0.1, 0.15) is 0 Å². The van der Waals surface area contributed by atoms with Crippen LogP contribution in [0.2, 0.25) is 0 Å². The second kappa shape index (κ2) is 7.20. The Morgan fingerprint density at radius 1 is 1.55 bits per heavy atom. The molecule has 1 atom stereocenters. The van der Waals surface area contributed by atoms with E-state index in [9.17, 15) is 4.79 Å². The van der Waals surface area contributed by atoms with Crippen LogP contribution in [0.1, 0.15) is 24.6 Å². The number of likely N-dealkylation sites (N-methyl/N-ethyl adjacent to an activating group) is 1. The minimum absolute atomic E-state index is 0.206. The fraction of sp³-hybridized carbons (Fsp3) is 0.667. The number of carbonyl (C=O) groups excluding carboxylic acids is 1. The molecule has 2 rings (SSSR count). The van der Waals surface area contributed by atoms with Gasteiger partial charge in [-0.15, -0.1) is 11.3 Å². The molecule has 0 bridgehead atoms. The Labute approximate surface area is 125 Å². The van der Waals surface area contributed by atoms with Crippen LogP contribution in [-0.2, 0) is 11.3 Å². The van der Waals surface area contributed by atoms with Crippen LogP contribution in [0.3, 0.4) is 0 Å². The number of nitrogens with zero attached hydrogens (tertiary/aromatic N) is 2. The van der Waals surface area contributed by atoms with Crippen LogP contribution in [0, 0.1) is 5.92 Å². The Morgan fingerprint density at radius 2 is 2.25 bits per heavy atom. The molecule has 2 heterocycles. The van der Waals surface area contributed by atoms with E-state index in [0.717, 1.165) is 25.9 Å². The SMILES string of the molecule is CC(N)C1CCN(CC(=O)N(C)Cc2cccs2)CC1. The highest BCUT2D eigenvalue weighted by atomic mass is 32.1. The third-order valence-corrected chi connectivity index (χ3v) is 4.99. The Morgan fingerprint density at radius 3 is 2.80 bits per heavy atom. The van der Waals surface area contributed by atoms with Gasteiger partial charge in [-0.05, 0) is 50.2 Å². The molecule has 2 N–H and O–H groups in total. The van der Waals surface area contributed by atoms with Crippen LogP contribution in [0.25, 0.3) is 0 Å². The Hall–Kier alpha value is -0.910. The summed E-state index contributed by atoms with van der Waals surface area (Å²) in [6.07, 6.45) is 2.22. The molecular weight excluding hydrogens is 270 g/mol. The summed E-state index contributed by atoms with van der Waals surface area (Å²) in [5.41, 5.74) is 5.95. The summed E-state index contributed by atoms with van der Waals surface area (Å²) in [6.45, 7) is 5.32. The lowest BCUT2D eigenvalue weighted by molar-refractivity contribution is -0.132. The molecule has 5 heteroatoms. The first kappa shape index (κ1) is 15.5. The fourth-order valence-corrected chi connectivity index (χ4v) is 3.43. The topological polar surface area (TPSA) is 49.6 Å². The molecule has 1 aliphatic heterocycles. The molecule has 0 aromatic carbocycles. The van der Waals surface area contributed by atoms with Crippen LogP contribution in [0.4, 0.5) is 0 Å². The van der Waals surface area contributed by atoms with Gasteiger partial charge in [-0.2, -0.15) is 0 Å². The summed E-state index contributed by atoms with van der Waals surface area (Å²) >= 11 is 1.70. The van der Waals surface area contributed by atoms with E-state index in [1.54, 1.807) is 11.3 Å². The van der Waals surface area contributed by atoms with E-state index in [1.807, 2.05) is 23.4 Å². The summed E-state index contributed by atoms with van der Waals surface area (Å²) in [5, 5.41) is 2.05. The van der Waals surface area contributed by atoms with Crippen molar-refractivity contribution in [2.45, 2.75) is 32.4 Å². The third kappa shape index (κ3) is 4.30. The lowest BCUT2D eigenvalue weighted by atomic mass is 9.91. The van der Waals surface area contributed by atoms with E-state index in [0.29, 0.717) is 19.0 Å². The van der Waals surface area contributed by atoms with Crippen molar-refractivity contribution in [3.8, 4) is 0 Å². The largest absolute Gasteiger partial charge is 0.340 e. The van der Waals surface area contributed by atoms with Crippen LogP contribution >= 0.6 is 11.3 Å². The maximum Gasteiger partial charge on any atom is 0.236 e. The number of rotatable bonds is 5. The van der Waals surface area contributed by atoms with E-state index in [1.165, 1.54) is 4.88 Å². The standard InChI is InChI=1S/C15H25N3OS/c1-12(16)13-5-7-18(8-6-13)11-15(19)17(2)10-14-4-3-9-20-14/h3-4,9,12-13H,5-8,10-11,16H2,1-2H3. The molecule has 1 aliphatic rings. The second-order valence-corrected chi connectivity index (χ2v) is 6.83. The molecule has 1 saturated heterocycles. The van der Waals surface area contributed by atoms with Crippen LogP contribution in [0.15, 0.2) is 17.5 Å². The quantitative estimate of drug-likeness (QED) is 0.900. The summed E-state index contributed by atoms with van der Waals surface area (Å²) in [7, 11) is 1.89. The average molecular weight is 295 g/mol.